The number of thioether (sulfide) groups is 1. The number of nitrogens with zero attached hydrogens (tertiary/aromatic N) is 1. The zero-order chi connectivity index (χ0) is 16.9. The zero-order valence-electron chi connectivity index (χ0n) is 12.3. The van der Waals surface area contributed by atoms with E-state index >= 15 is 0 Å². The van der Waals surface area contributed by atoms with Gasteiger partial charge in [-0.25, -0.2) is 9.37 Å². The standard InChI is InChI=1S/C17H12ClFN2OS2/c18-14-7-11(5-6-15(14)19)21-17(22)13-3-1-2-4-16(13)24-9-12-8-23-10-20-12/h1-8,10H,9H2,(H,21,22). The van der Waals surface area contributed by atoms with E-state index in [2.05, 4.69) is 10.3 Å². The number of nitrogens with one attached hydrogen (secondary N) is 1. The smallest absolute Gasteiger partial charge is 0.256 e. The molecule has 7 heteroatoms. The molecule has 0 radical (unpaired) electrons. The fourth-order valence-corrected chi connectivity index (χ4v) is 3.81. The summed E-state index contributed by atoms with van der Waals surface area (Å²) < 4.78 is 13.2. The third-order valence-electron chi connectivity index (χ3n) is 3.17. The second-order valence-corrected chi connectivity index (χ2v) is 6.99. The Morgan fingerprint density at radius 2 is 2.12 bits per heavy atom. The van der Waals surface area contributed by atoms with Crippen molar-refractivity contribution in [3.05, 3.63) is 75.5 Å². The lowest BCUT2D eigenvalue weighted by Gasteiger charge is -2.10. The first-order valence-corrected chi connectivity index (χ1v) is 9.29. The second kappa shape index (κ2) is 7.79. The molecular formula is C17H12ClFN2OS2. The number of carbonyl (C=O) groups excluding carboxylic acids is 1. The Kier molecular flexibility index (Phi) is 5.50. The van der Waals surface area contributed by atoms with Gasteiger partial charge < -0.3 is 5.32 Å². The third kappa shape index (κ3) is 4.14. The van der Waals surface area contributed by atoms with Crippen LogP contribution in [0.3, 0.4) is 0 Å². The molecule has 1 aromatic heterocycles. The van der Waals surface area contributed by atoms with Gasteiger partial charge in [0.25, 0.3) is 5.91 Å². The molecule has 0 aliphatic heterocycles. The van der Waals surface area contributed by atoms with Gasteiger partial charge in [0.05, 0.1) is 21.8 Å². The molecule has 24 heavy (non-hydrogen) atoms. The van der Waals surface area contributed by atoms with Crippen molar-refractivity contribution >= 4 is 46.3 Å². The monoisotopic (exact) mass is 378 g/mol. The number of halogens is 2. The number of hydrogen-bond acceptors (Lipinski definition) is 4. The van der Waals surface area contributed by atoms with E-state index in [1.165, 1.54) is 18.2 Å². The predicted molar refractivity (Wildman–Crippen MR) is 97.5 cm³/mol. The minimum Gasteiger partial charge on any atom is -0.322 e. The van der Waals surface area contributed by atoms with Crippen LogP contribution in [0.25, 0.3) is 0 Å². The van der Waals surface area contributed by atoms with Gasteiger partial charge in [0.2, 0.25) is 0 Å². The molecule has 0 unspecified atom stereocenters. The van der Waals surface area contributed by atoms with Crippen LogP contribution < -0.4 is 5.32 Å². The average molecular weight is 379 g/mol. The third-order valence-corrected chi connectivity index (χ3v) is 5.20. The van der Waals surface area contributed by atoms with Gasteiger partial charge in [-0.05, 0) is 30.3 Å². The molecule has 0 saturated heterocycles. The van der Waals surface area contributed by atoms with Gasteiger partial charge in [-0.3, -0.25) is 4.79 Å². The lowest BCUT2D eigenvalue weighted by Crippen LogP contribution is -2.13. The molecule has 1 amide bonds. The molecule has 3 nitrogen and oxygen atoms in total. The second-order valence-electron chi connectivity index (χ2n) is 4.85. The van der Waals surface area contributed by atoms with Gasteiger partial charge in [0, 0.05) is 21.7 Å². The van der Waals surface area contributed by atoms with Gasteiger partial charge in [0.15, 0.2) is 0 Å². The molecule has 3 rings (SSSR count). The average Bonchev–Trinajstić information content (AvgIpc) is 3.10. The lowest BCUT2D eigenvalue weighted by atomic mass is 10.2. The number of benzene rings is 2. The van der Waals surface area contributed by atoms with Crippen molar-refractivity contribution in [3.63, 3.8) is 0 Å². The molecule has 0 spiro atoms. The Morgan fingerprint density at radius 1 is 1.29 bits per heavy atom. The van der Waals surface area contributed by atoms with Crippen molar-refractivity contribution in [1.29, 1.82) is 0 Å². The molecule has 0 aliphatic rings. The highest BCUT2D eigenvalue weighted by Gasteiger charge is 2.13. The maximum atomic E-state index is 13.2. The number of thiazole rings is 1. The van der Waals surface area contributed by atoms with E-state index in [-0.39, 0.29) is 10.9 Å². The highest BCUT2D eigenvalue weighted by atomic mass is 35.5. The van der Waals surface area contributed by atoms with Crippen LogP contribution in [0.2, 0.25) is 5.02 Å². The summed E-state index contributed by atoms with van der Waals surface area (Å²) in [7, 11) is 0. The molecule has 2 aromatic carbocycles. The topological polar surface area (TPSA) is 42.0 Å². The minimum absolute atomic E-state index is 0.0287. The number of rotatable bonds is 5. The maximum Gasteiger partial charge on any atom is 0.256 e. The minimum atomic E-state index is -0.520. The molecule has 0 saturated carbocycles. The van der Waals surface area contributed by atoms with Gasteiger partial charge in [-0.1, -0.05) is 23.7 Å². The number of hydrogen-bond donors (Lipinski definition) is 1. The SMILES string of the molecule is O=C(Nc1ccc(F)c(Cl)c1)c1ccccc1SCc1cscn1. The Morgan fingerprint density at radius 3 is 2.88 bits per heavy atom. The van der Waals surface area contributed by atoms with E-state index in [4.69, 9.17) is 11.6 Å². The summed E-state index contributed by atoms with van der Waals surface area (Å²) in [6.07, 6.45) is 0. The van der Waals surface area contributed by atoms with E-state index in [1.54, 1.807) is 40.7 Å². The van der Waals surface area contributed by atoms with Crippen LogP contribution in [-0.2, 0) is 5.75 Å². The van der Waals surface area contributed by atoms with Crippen molar-refractivity contribution in [3.8, 4) is 0 Å². The van der Waals surface area contributed by atoms with Crippen LogP contribution >= 0.6 is 34.7 Å². The van der Waals surface area contributed by atoms with Crippen LogP contribution in [-0.4, -0.2) is 10.9 Å². The lowest BCUT2D eigenvalue weighted by molar-refractivity contribution is 0.102. The van der Waals surface area contributed by atoms with Gasteiger partial charge in [-0.2, -0.15) is 0 Å². The number of carbonyl (C=O) groups is 1. The fraction of sp³-hybridized carbons (Fsp3) is 0.0588. The van der Waals surface area contributed by atoms with Crippen LogP contribution in [0.5, 0.6) is 0 Å². The van der Waals surface area contributed by atoms with E-state index in [0.717, 1.165) is 10.6 Å². The first-order chi connectivity index (χ1) is 11.6. The number of anilines is 1. The Hall–Kier alpha value is -1.89. The zero-order valence-corrected chi connectivity index (χ0v) is 14.7. The quantitative estimate of drug-likeness (QED) is 0.597. The van der Waals surface area contributed by atoms with Crippen LogP contribution in [0.15, 0.2) is 58.3 Å². The Labute approximate surface area is 151 Å². The summed E-state index contributed by atoms with van der Waals surface area (Å²) in [4.78, 5) is 17.6. The van der Waals surface area contributed by atoms with Gasteiger partial charge in [0.1, 0.15) is 5.82 Å². The van der Waals surface area contributed by atoms with Crippen LogP contribution in [0.1, 0.15) is 16.1 Å². The summed E-state index contributed by atoms with van der Waals surface area (Å²) in [6.45, 7) is 0. The molecule has 122 valence electrons. The first-order valence-electron chi connectivity index (χ1n) is 6.99. The van der Waals surface area contributed by atoms with E-state index < -0.39 is 5.82 Å². The molecule has 0 aliphatic carbocycles. The van der Waals surface area contributed by atoms with Crippen molar-refractivity contribution in [2.45, 2.75) is 10.6 Å². The summed E-state index contributed by atoms with van der Waals surface area (Å²) in [5.41, 5.74) is 3.77. The van der Waals surface area contributed by atoms with Crippen LogP contribution in [0.4, 0.5) is 10.1 Å². The summed E-state index contributed by atoms with van der Waals surface area (Å²) in [5, 5.41) is 4.70. The van der Waals surface area contributed by atoms with Crippen molar-refractivity contribution < 1.29 is 9.18 Å². The molecule has 1 N–H and O–H groups in total. The normalized spacial score (nSPS) is 10.6. The van der Waals surface area contributed by atoms with E-state index in [0.29, 0.717) is 17.0 Å². The molecule has 0 fully saturated rings. The van der Waals surface area contributed by atoms with E-state index in [1.807, 2.05) is 17.5 Å². The summed E-state index contributed by atoms with van der Waals surface area (Å²) in [6, 6.07) is 11.4. The molecule has 0 atom stereocenters. The largest absolute Gasteiger partial charge is 0.322 e. The molecule has 3 aromatic rings. The first kappa shape index (κ1) is 17.0. The Bertz CT molecular complexity index is 856. The number of aromatic nitrogens is 1. The van der Waals surface area contributed by atoms with Crippen molar-refractivity contribution in [2.24, 2.45) is 0 Å². The predicted octanol–water partition coefficient (Wildman–Crippen LogP) is 5.48. The van der Waals surface area contributed by atoms with Gasteiger partial charge >= 0.3 is 0 Å². The van der Waals surface area contributed by atoms with E-state index in [9.17, 15) is 9.18 Å². The van der Waals surface area contributed by atoms with Crippen LogP contribution in [0, 0.1) is 5.82 Å². The Balaban J connectivity index is 1.75. The van der Waals surface area contributed by atoms with Crippen molar-refractivity contribution in [1.82, 2.24) is 4.98 Å². The number of amides is 1. The highest BCUT2D eigenvalue weighted by Crippen LogP contribution is 2.27. The molecule has 0 bridgehead atoms. The fourth-order valence-electron chi connectivity index (χ4n) is 2.01. The summed E-state index contributed by atoms with van der Waals surface area (Å²) >= 11 is 8.83. The molecular weight excluding hydrogens is 367 g/mol. The molecule has 1 heterocycles. The van der Waals surface area contributed by atoms with Gasteiger partial charge in [-0.15, -0.1) is 23.1 Å². The summed E-state index contributed by atoms with van der Waals surface area (Å²) in [5.74, 6) is -0.0937. The maximum absolute atomic E-state index is 13.2. The highest BCUT2D eigenvalue weighted by molar-refractivity contribution is 7.98. The van der Waals surface area contributed by atoms with Crippen molar-refractivity contribution in [2.75, 3.05) is 5.32 Å².